The fourth-order valence-corrected chi connectivity index (χ4v) is 5.70. The summed E-state index contributed by atoms with van der Waals surface area (Å²) in [7, 11) is -1.57. The number of aromatic nitrogens is 2. The Morgan fingerprint density at radius 1 is 1.08 bits per heavy atom. The van der Waals surface area contributed by atoms with Gasteiger partial charge in [0.15, 0.2) is 9.84 Å². The quantitative estimate of drug-likeness (QED) is 0.326. The number of benzene rings is 2. The van der Waals surface area contributed by atoms with E-state index >= 15 is 0 Å². The normalized spacial score (nSPS) is 14.4. The molecule has 1 aliphatic heterocycles. The Hall–Kier alpha value is -3.47. The van der Waals surface area contributed by atoms with Crippen molar-refractivity contribution in [2.45, 2.75) is 36.5 Å². The SMILES string of the molecule is CNCc1ccc(C(=N)OC(=N)c2nc(-c3ccc(S(=O)(=O)C4CCOCC4)cc3)cnc2C)cc1.[HH]. The van der Waals surface area contributed by atoms with E-state index in [1.165, 1.54) is 0 Å². The van der Waals surface area contributed by atoms with Crippen LogP contribution in [0.15, 0.2) is 59.6 Å². The highest BCUT2D eigenvalue weighted by atomic mass is 32.2. The molecular weight excluding hydrogens is 478 g/mol. The molecule has 0 unspecified atom stereocenters. The number of aryl methyl sites for hydroxylation is 1. The molecule has 36 heavy (non-hydrogen) atoms. The molecule has 0 amide bonds. The van der Waals surface area contributed by atoms with E-state index in [4.69, 9.17) is 20.3 Å². The third kappa shape index (κ3) is 5.67. The fraction of sp³-hybridized carbons (Fsp3) is 0.308. The first-order valence-electron chi connectivity index (χ1n) is 11.6. The van der Waals surface area contributed by atoms with Crippen molar-refractivity contribution >= 4 is 21.6 Å². The lowest BCUT2D eigenvalue weighted by atomic mass is 10.1. The highest BCUT2D eigenvalue weighted by Crippen LogP contribution is 2.26. The summed E-state index contributed by atoms with van der Waals surface area (Å²) in [4.78, 5) is 9.13. The van der Waals surface area contributed by atoms with Gasteiger partial charge >= 0.3 is 0 Å². The summed E-state index contributed by atoms with van der Waals surface area (Å²) in [5.41, 5.74) is 3.45. The van der Waals surface area contributed by atoms with Gasteiger partial charge in [0.25, 0.3) is 0 Å². The number of rotatable bonds is 7. The Labute approximate surface area is 212 Å². The van der Waals surface area contributed by atoms with Crippen LogP contribution >= 0.6 is 0 Å². The van der Waals surface area contributed by atoms with E-state index in [0.717, 1.165) is 5.56 Å². The van der Waals surface area contributed by atoms with Crippen LogP contribution in [0.3, 0.4) is 0 Å². The van der Waals surface area contributed by atoms with E-state index in [2.05, 4.69) is 15.3 Å². The van der Waals surface area contributed by atoms with Gasteiger partial charge in [0.1, 0.15) is 5.69 Å². The van der Waals surface area contributed by atoms with Crippen molar-refractivity contribution in [1.82, 2.24) is 15.3 Å². The van der Waals surface area contributed by atoms with Gasteiger partial charge in [0, 0.05) is 32.3 Å². The van der Waals surface area contributed by atoms with Gasteiger partial charge in [0.2, 0.25) is 11.8 Å². The largest absolute Gasteiger partial charge is 0.419 e. The fourth-order valence-electron chi connectivity index (χ4n) is 3.98. The number of nitrogens with zero attached hydrogens (tertiary/aromatic N) is 2. The zero-order valence-corrected chi connectivity index (χ0v) is 21.1. The van der Waals surface area contributed by atoms with Crippen molar-refractivity contribution in [2.75, 3.05) is 20.3 Å². The molecule has 3 N–H and O–H groups in total. The van der Waals surface area contributed by atoms with E-state index in [-0.39, 0.29) is 23.8 Å². The van der Waals surface area contributed by atoms with Crippen LogP contribution in [0, 0.1) is 17.7 Å². The molecule has 2 heterocycles. The van der Waals surface area contributed by atoms with E-state index in [9.17, 15) is 8.42 Å². The molecule has 2 aromatic carbocycles. The van der Waals surface area contributed by atoms with Crippen LogP contribution in [-0.2, 0) is 25.9 Å². The minimum absolute atomic E-state index is 0. The molecule has 9 nitrogen and oxygen atoms in total. The second-order valence-electron chi connectivity index (χ2n) is 8.56. The Bertz CT molecular complexity index is 1360. The minimum Gasteiger partial charge on any atom is -0.419 e. The second-order valence-corrected chi connectivity index (χ2v) is 10.8. The van der Waals surface area contributed by atoms with Gasteiger partial charge in [0.05, 0.1) is 27.7 Å². The zero-order valence-electron chi connectivity index (χ0n) is 20.2. The minimum atomic E-state index is -3.43. The van der Waals surface area contributed by atoms with Gasteiger partial charge in [-0.25, -0.2) is 13.4 Å². The smallest absolute Gasteiger partial charge is 0.241 e. The van der Waals surface area contributed by atoms with E-state index < -0.39 is 15.1 Å². The van der Waals surface area contributed by atoms with Crippen LogP contribution in [0.1, 0.15) is 36.8 Å². The molecule has 4 rings (SSSR count). The highest BCUT2D eigenvalue weighted by molar-refractivity contribution is 7.92. The summed E-state index contributed by atoms with van der Waals surface area (Å²) in [6, 6.07) is 13.9. The van der Waals surface area contributed by atoms with Crippen molar-refractivity contribution in [3.8, 4) is 11.3 Å². The van der Waals surface area contributed by atoms with Crippen LogP contribution in [0.4, 0.5) is 0 Å². The molecule has 0 radical (unpaired) electrons. The molecule has 0 bridgehead atoms. The Morgan fingerprint density at radius 2 is 1.75 bits per heavy atom. The summed E-state index contributed by atoms with van der Waals surface area (Å²) in [6.07, 6.45) is 2.56. The molecule has 0 aliphatic carbocycles. The number of sulfone groups is 1. The lowest BCUT2D eigenvalue weighted by Crippen LogP contribution is -2.28. The summed E-state index contributed by atoms with van der Waals surface area (Å²) in [5, 5.41) is 19.3. The first kappa shape index (κ1) is 25.6. The van der Waals surface area contributed by atoms with Crippen molar-refractivity contribution in [1.29, 1.82) is 10.8 Å². The summed E-state index contributed by atoms with van der Waals surface area (Å²) < 4.78 is 36.7. The van der Waals surface area contributed by atoms with Crippen LogP contribution in [-0.4, -0.2) is 55.7 Å². The van der Waals surface area contributed by atoms with Crippen LogP contribution in [0.2, 0.25) is 0 Å². The maximum Gasteiger partial charge on any atom is 0.241 e. The van der Waals surface area contributed by atoms with Gasteiger partial charge in [-0.15, -0.1) is 0 Å². The van der Waals surface area contributed by atoms with Crippen LogP contribution in [0.25, 0.3) is 11.3 Å². The van der Waals surface area contributed by atoms with Crippen molar-refractivity contribution < 1.29 is 19.3 Å². The molecule has 0 spiro atoms. The van der Waals surface area contributed by atoms with Gasteiger partial charge in [-0.1, -0.05) is 24.3 Å². The predicted octanol–water partition coefficient (Wildman–Crippen LogP) is 3.74. The molecule has 1 aliphatic rings. The molecule has 1 saturated heterocycles. The first-order chi connectivity index (χ1) is 17.3. The number of ether oxygens (including phenoxy) is 2. The highest BCUT2D eigenvalue weighted by Gasteiger charge is 2.29. The van der Waals surface area contributed by atoms with Crippen molar-refractivity contribution in [2.24, 2.45) is 0 Å². The van der Waals surface area contributed by atoms with Gasteiger partial charge in [-0.3, -0.25) is 15.8 Å². The molecule has 3 aromatic rings. The van der Waals surface area contributed by atoms with Gasteiger partial charge in [-0.05, 0) is 56.6 Å². The maximum absolute atomic E-state index is 12.9. The topological polar surface area (TPSA) is 138 Å². The number of hydrogen-bond donors (Lipinski definition) is 3. The van der Waals surface area contributed by atoms with Gasteiger partial charge in [-0.2, -0.15) is 0 Å². The summed E-state index contributed by atoms with van der Waals surface area (Å²) in [6.45, 7) is 3.34. The molecule has 10 heteroatoms. The van der Waals surface area contributed by atoms with Crippen LogP contribution < -0.4 is 5.32 Å². The lowest BCUT2D eigenvalue weighted by molar-refractivity contribution is 0.0983. The monoisotopic (exact) mass is 509 g/mol. The molecule has 1 aromatic heterocycles. The molecule has 1 fully saturated rings. The standard InChI is InChI=1S/C26H29N5O4S.H2/c1-17-24(26(28)35-25(27)20-5-3-18(4-6-20)15-29-2)31-23(16-30-17)19-7-9-21(10-8-19)36(32,33)22-11-13-34-14-12-22;/h3-10,16,22,27-29H,11-15H2,1-2H3;1H. The Balaban J connectivity index is 0.00000380. The summed E-state index contributed by atoms with van der Waals surface area (Å²) in [5.74, 6) is -0.449. The maximum atomic E-state index is 12.9. The van der Waals surface area contributed by atoms with Crippen molar-refractivity contribution in [3.63, 3.8) is 0 Å². The molecule has 190 valence electrons. The van der Waals surface area contributed by atoms with E-state index in [1.807, 2.05) is 19.2 Å². The average molecular weight is 510 g/mol. The summed E-state index contributed by atoms with van der Waals surface area (Å²) >= 11 is 0. The number of hydrogen-bond acceptors (Lipinski definition) is 9. The van der Waals surface area contributed by atoms with E-state index in [1.54, 1.807) is 49.5 Å². The third-order valence-corrected chi connectivity index (χ3v) is 8.34. The number of nitrogens with one attached hydrogen (secondary N) is 3. The molecule has 0 saturated carbocycles. The zero-order chi connectivity index (χ0) is 25.7. The first-order valence-corrected chi connectivity index (χ1v) is 13.2. The average Bonchev–Trinajstić information content (AvgIpc) is 2.90. The van der Waals surface area contributed by atoms with Crippen LogP contribution in [0.5, 0.6) is 0 Å². The predicted molar refractivity (Wildman–Crippen MR) is 139 cm³/mol. The lowest BCUT2D eigenvalue weighted by Gasteiger charge is -2.22. The van der Waals surface area contributed by atoms with Crippen molar-refractivity contribution in [3.05, 3.63) is 77.2 Å². The second kappa shape index (κ2) is 11.1. The Morgan fingerprint density at radius 3 is 2.39 bits per heavy atom. The third-order valence-electron chi connectivity index (χ3n) is 6.06. The Kier molecular flexibility index (Phi) is 7.88. The molecule has 0 atom stereocenters. The molecular formula is C26H31N5O4S. The van der Waals surface area contributed by atoms with E-state index in [0.29, 0.717) is 55.1 Å². The van der Waals surface area contributed by atoms with Gasteiger partial charge < -0.3 is 14.8 Å².